The van der Waals surface area contributed by atoms with E-state index in [0.717, 1.165) is 42.9 Å². The lowest BCUT2D eigenvalue weighted by molar-refractivity contribution is -0.137. The first-order valence-electron chi connectivity index (χ1n) is 7.07. The first kappa shape index (κ1) is 16.3. The normalized spacial score (nSPS) is 16.9. The van der Waals surface area contributed by atoms with Gasteiger partial charge in [0.2, 0.25) is 0 Å². The number of hydrogen-bond donors (Lipinski definition) is 1. The highest BCUT2D eigenvalue weighted by molar-refractivity contribution is 9.10. The first-order valence-corrected chi connectivity index (χ1v) is 7.86. The van der Waals surface area contributed by atoms with Crippen molar-refractivity contribution < 1.29 is 14.6 Å². The van der Waals surface area contributed by atoms with Crippen molar-refractivity contribution in [3.63, 3.8) is 0 Å². The van der Waals surface area contributed by atoms with Crippen molar-refractivity contribution >= 4 is 21.9 Å². The Morgan fingerprint density at radius 1 is 1.29 bits per heavy atom. The summed E-state index contributed by atoms with van der Waals surface area (Å²) in [4.78, 5) is 15.2. The zero-order valence-electron chi connectivity index (χ0n) is 12.2. The minimum atomic E-state index is -0.726. The predicted octanol–water partition coefficient (Wildman–Crippen LogP) is 2.05. The van der Waals surface area contributed by atoms with Crippen molar-refractivity contribution in [2.75, 3.05) is 39.8 Å². The molecule has 0 aromatic heterocycles. The third-order valence-electron chi connectivity index (χ3n) is 3.74. The standard InChI is InChI=1S/C15H21BrN2O3/c1-21-14-3-2-13(16)10-12(14)11-18-8-6-17(7-9-18)5-4-15(19)20/h2-3,10H,4-9,11H2,1H3,(H,19,20). The van der Waals surface area contributed by atoms with Gasteiger partial charge in [-0.05, 0) is 18.2 Å². The van der Waals surface area contributed by atoms with Crippen molar-refractivity contribution in [1.82, 2.24) is 9.80 Å². The molecular formula is C15H21BrN2O3. The van der Waals surface area contributed by atoms with E-state index in [2.05, 4.69) is 31.8 Å². The van der Waals surface area contributed by atoms with E-state index >= 15 is 0 Å². The molecular weight excluding hydrogens is 336 g/mol. The van der Waals surface area contributed by atoms with Gasteiger partial charge < -0.3 is 14.7 Å². The Morgan fingerprint density at radius 2 is 1.95 bits per heavy atom. The molecule has 1 aromatic rings. The topological polar surface area (TPSA) is 53.0 Å². The van der Waals surface area contributed by atoms with E-state index in [9.17, 15) is 4.79 Å². The summed E-state index contributed by atoms with van der Waals surface area (Å²) in [5, 5.41) is 8.72. The summed E-state index contributed by atoms with van der Waals surface area (Å²) in [7, 11) is 1.69. The van der Waals surface area contributed by atoms with Crippen molar-refractivity contribution in [2.24, 2.45) is 0 Å². The molecule has 116 valence electrons. The van der Waals surface area contributed by atoms with Crippen molar-refractivity contribution in [2.45, 2.75) is 13.0 Å². The molecule has 1 fully saturated rings. The Kier molecular flexibility index (Phi) is 6.02. The van der Waals surface area contributed by atoms with E-state index in [1.165, 1.54) is 5.56 Å². The van der Waals surface area contributed by atoms with Crippen LogP contribution in [0, 0.1) is 0 Å². The first-order chi connectivity index (χ1) is 10.1. The van der Waals surface area contributed by atoms with Gasteiger partial charge in [0, 0.05) is 49.3 Å². The molecule has 0 radical (unpaired) electrons. The summed E-state index contributed by atoms with van der Waals surface area (Å²) in [5.41, 5.74) is 1.17. The van der Waals surface area contributed by atoms with Crippen LogP contribution >= 0.6 is 15.9 Å². The molecule has 1 aliphatic rings. The highest BCUT2D eigenvalue weighted by Gasteiger charge is 2.18. The zero-order chi connectivity index (χ0) is 15.2. The second-order valence-electron chi connectivity index (χ2n) is 5.22. The molecule has 5 nitrogen and oxygen atoms in total. The van der Waals surface area contributed by atoms with Crippen LogP contribution in [0.25, 0.3) is 0 Å². The number of carboxylic acid groups (broad SMARTS) is 1. The zero-order valence-corrected chi connectivity index (χ0v) is 13.8. The second kappa shape index (κ2) is 7.77. The van der Waals surface area contributed by atoms with E-state index in [-0.39, 0.29) is 6.42 Å². The maximum absolute atomic E-state index is 10.6. The molecule has 1 saturated heterocycles. The summed E-state index contributed by atoms with van der Waals surface area (Å²) in [6, 6.07) is 6.05. The third kappa shape index (κ3) is 4.98. The Balaban J connectivity index is 1.86. The molecule has 21 heavy (non-hydrogen) atoms. The van der Waals surface area contributed by atoms with Gasteiger partial charge in [-0.2, -0.15) is 0 Å². The highest BCUT2D eigenvalue weighted by atomic mass is 79.9. The molecule has 0 amide bonds. The number of aliphatic carboxylic acids is 1. The number of carbonyl (C=O) groups is 1. The number of benzene rings is 1. The number of methoxy groups -OCH3 is 1. The number of piperazine rings is 1. The molecule has 1 aliphatic heterocycles. The number of ether oxygens (including phenoxy) is 1. The number of halogens is 1. The average molecular weight is 357 g/mol. The summed E-state index contributed by atoms with van der Waals surface area (Å²) < 4.78 is 6.46. The van der Waals surface area contributed by atoms with Crippen LogP contribution in [0.5, 0.6) is 5.75 Å². The number of rotatable bonds is 6. The summed E-state index contributed by atoms with van der Waals surface area (Å²) >= 11 is 3.50. The van der Waals surface area contributed by atoms with E-state index in [0.29, 0.717) is 6.54 Å². The number of carboxylic acids is 1. The van der Waals surface area contributed by atoms with Crippen LogP contribution in [-0.4, -0.2) is 60.7 Å². The van der Waals surface area contributed by atoms with Gasteiger partial charge in [-0.25, -0.2) is 0 Å². The molecule has 0 spiro atoms. The van der Waals surface area contributed by atoms with E-state index in [1.54, 1.807) is 7.11 Å². The van der Waals surface area contributed by atoms with Crippen LogP contribution in [0.4, 0.5) is 0 Å². The van der Waals surface area contributed by atoms with Crippen molar-refractivity contribution in [3.8, 4) is 5.75 Å². The van der Waals surface area contributed by atoms with Gasteiger partial charge in [0.1, 0.15) is 5.75 Å². The van der Waals surface area contributed by atoms with Crippen LogP contribution in [0.3, 0.4) is 0 Å². The smallest absolute Gasteiger partial charge is 0.304 e. The van der Waals surface area contributed by atoms with E-state index < -0.39 is 5.97 Å². The Morgan fingerprint density at radius 3 is 2.57 bits per heavy atom. The van der Waals surface area contributed by atoms with Crippen LogP contribution in [0.1, 0.15) is 12.0 Å². The van der Waals surface area contributed by atoms with E-state index in [4.69, 9.17) is 9.84 Å². The molecule has 2 rings (SSSR count). The fourth-order valence-electron chi connectivity index (χ4n) is 2.54. The quantitative estimate of drug-likeness (QED) is 0.845. The molecule has 1 aromatic carbocycles. The molecule has 1 heterocycles. The van der Waals surface area contributed by atoms with Gasteiger partial charge in [-0.3, -0.25) is 9.69 Å². The van der Waals surface area contributed by atoms with Crippen LogP contribution in [0.15, 0.2) is 22.7 Å². The summed E-state index contributed by atoms with van der Waals surface area (Å²) in [5.74, 6) is 0.183. The average Bonchev–Trinajstić information content (AvgIpc) is 2.47. The minimum absolute atomic E-state index is 0.222. The van der Waals surface area contributed by atoms with Crippen molar-refractivity contribution in [3.05, 3.63) is 28.2 Å². The minimum Gasteiger partial charge on any atom is -0.496 e. The fraction of sp³-hybridized carbons (Fsp3) is 0.533. The molecule has 1 N–H and O–H groups in total. The van der Waals surface area contributed by atoms with E-state index in [1.807, 2.05) is 12.1 Å². The SMILES string of the molecule is COc1ccc(Br)cc1CN1CCN(CCC(=O)O)CC1. The van der Waals surface area contributed by atoms with Gasteiger partial charge in [0.25, 0.3) is 0 Å². The maximum atomic E-state index is 10.6. The van der Waals surface area contributed by atoms with Crippen molar-refractivity contribution in [1.29, 1.82) is 0 Å². The monoisotopic (exact) mass is 356 g/mol. The summed E-state index contributed by atoms with van der Waals surface area (Å²) in [6.07, 6.45) is 0.222. The third-order valence-corrected chi connectivity index (χ3v) is 4.24. The second-order valence-corrected chi connectivity index (χ2v) is 6.13. The molecule has 0 unspecified atom stereocenters. The van der Waals surface area contributed by atoms with Gasteiger partial charge in [-0.15, -0.1) is 0 Å². The lowest BCUT2D eigenvalue weighted by Crippen LogP contribution is -2.46. The largest absolute Gasteiger partial charge is 0.496 e. The Hall–Kier alpha value is -1.11. The number of nitrogens with zero attached hydrogens (tertiary/aromatic N) is 2. The Bertz CT molecular complexity index is 488. The highest BCUT2D eigenvalue weighted by Crippen LogP contribution is 2.24. The molecule has 0 aliphatic carbocycles. The molecule has 0 atom stereocenters. The fourth-order valence-corrected chi connectivity index (χ4v) is 2.94. The number of hydrogen-bond acceptors (Lipinski definition) is 4. The van der Waals surface area contributed by atoms with Crippen LogP contribution in [0.2, 0.25) is 0 Å². The molecule has 6 heteroatoms. The van der Waals surface area contributed by atoms with Crippen LogP contribution in [-0.2, 0) is 11.3 Å². The lowest BCUT2D eigenvalue weighted by atomic mass is 10.1. The van der Waals surface area contributed by atoms with Gasteiger partial charge >= 0.3 is 5.97 Å². The lowest BCUT2D eigenvalue weighted by Gasteiger charge is -2.34. The van der Waals surface area contributed by atoms with Gasteiger partial charge in [0.15, 0.2) is 0 Å². The van der Waals surface area contributed by atoms with Gasteiger partial charge in [0.05, 0.1) is 13.5 Å². The predicted molar refractivity (Wildman–Crippen MR) is 84.7 cm³/mol. The summed E-state index contributed by atoms with van der Waals surface area (Å²) in [6.45, 7) is 5.25. The Labute approximate surface area is 133 Å². The molecule has 0 bridgehead atoms. The van der Waals surface area contributed by atoms with Gasteiger partial charge in [-0.1, -0.05) is 15.9 Å². The van der Waals surface area contributed by atoms with Crippen LogP contribution < -0.4 is 4.74 Å². The maximum Gasteiger partial charge on any atom is 0.304 e. The molecule has 0 saturated carbocycles.